The molecule has 0 saturated heterocycles. The summed E-state index contributed by atoms with van der Waals surface area (Å²) in [7, 11) is 0. The molecule has 7 nitrogen and oxygen atoms in total. The molecule has 2 N–H and O–H groups in total. The van der Waals surface area contributed by atoms with Gasteiger partial charge in [0.25, 0.3) is 0 Å². The summed E-state index contributed by atoms with van der Waals surface area (Å²) in [6.07, 6.45) is 0. The Kier molecular flexibility index (Phi) is 7.28. The van der Waals surface area contributed by atoms with Crippen molar-refractivity contribution in [2.75, 3.05) is 11.9 Å². The first-order chi connectivity index (χ1) is 13.6. The van der Waals surface area contributed by atoms with Crippen LogP contribution in [0.1, 0.15) is 52.6 Å². The van der Waals surface area contributed by atoms with Gasteiger partial charge in [0.1, 0.15) is 0 Å². The lowest BCUT2D eigenvalue weighted by Crippen LogP contribution is -2.34. The highest BCUT2D eigenvalue weighted by Crippen LogP contribution is 2.19. The number of hydrogen-bond donors (Lipinski definition) is 2. The highest BCUT2D eigenvalue weighted by molar-refractivity contribution is 7.14. The highest BCUT2D eigenvalue weighted by Gasteiger charge is 2.21. The first-order valence-electron chi connectivity index (χ1n) is 9.01. The number of carbonyl (C=O) groups excluding carboxylic acids is 4. The Labute approximate surface area is 173 Å². The summed E-state index contributed by atoms with van der Waals surface area (Å²) >= 11 is 1.25. The van der Waals surface area contributed by atoms with Crippen molar-refractivity contribution in [2.24, 2.45) is 5.41 Å². The zero-order chi connectivity index (χ0) is 21.6. The number of thiophene rings is 1. The number of amides is 2. The van der Waals surface area contributed by atoms with Gasteiger partial charge in [-0.05, 0) is 30.3 Å². The van der Waals surface area contributed by atoms with Crippen LogP contribution in [0, 0.1) is 5.41 Å². The SMILES string of the molecule is CC(=O)Nc1cccc(C(=O)OCC(=O)c2ccc(CNC(=O)C(C)(C)C)s2)c1. The van der Waals surface area contributed by atoms with E-state index in [1.165, 1.54) is 24.3 Å². The number of nitrogens with one attached hydrogen (secondary N) is 2. The quantitative estimate of drug-likeness (QED) is 0.532. The summed E-state index contributed by atoms with van der Waals surface area (Å²) in [6.45, 7) is 6.79. The molecule has 29 heavy (non-hydrogen) atoms. The maximum atomic E-state index is 12.3. The van der Waals surface area contributed by atoms with Crippen LogP contribution in [0.3, 0.4) is 0 Å². The number of Topliss-reactive ketones (excluding diaryl/α,β-unsaturated/α-hetero) is 1. The van der Waals surface area contributed by atoms with E-state index in [9.17, 15) is 19.2 Å². The molecule has 0 aliphatic heterocycles. The number of carbonyl (C=O) groups is 4. The van der Waals surface area contributed by atoms with Gasteiger partial charge in [0.15, 0.2) is 6.61 Å². The molecule has 8 heteroatoms. The third-order valence-electron chi connectivity index (χ3n) is 3.79. The summed E-state index contributed by atoms with van der Waals surface area (Å²) in [5.74, 6) is -1.30. The van der Waals surface area contributed by atoms with Crippen LogP contribution in [0.4, 0.5) is 5.69 Å². The molecule has 2 amide bonds. The Morgan fingerprint density at radius 3 is 2.45 bits per heavy atom. The van der Waals surface area contributed by atoms with Crippen molar-refractivity contribution in [3.8, 4) is 0 Å². The van der Waals surface area contributed by atoms with Gasteiger partial charge in [-0.25, -0.2) is 4.79 Å². The molecule has 1 aromatic heterocycles. The fourth-order valence-corrected chi connectivity index (χ4v) is 3.14. The predicted molar refractivity (Wildman–Crippen MR) is 111 cm³/mol. The average Bonchev–Trinajstić information content (AvgIpc) is 3.11. The molecule has 1 aromatic carbocycles. The molecule has 0 radical (unpaired) electrons. The second kappa shape index (κ2) is 9.47. The maximum absolute atomic E-state index is 12.3. The van der Waals surface area contributed by atoms with Gasteiger partial charge in [-0.15, -0.1) is 11.3 Å². The average molecular weight is 416 g/mol. The summed E-state index contributed by atoms with van der Waals surface area (Å²) in [5, 5.41) is 5.41. The summed E-state index contributed by atoms with van der Waals surface area (Å²) in [5.41, 5.74) is 0.223. The Morgan fingerprint density at radius 2 is 1.79 bits per heavy atom. The van der Waals surface area contributed by atoms with Crippen LogP contribution in [-0.2, 0) is 20.9 Å². The molecule has 0 spiro atoms. The van der Waals surface area contributed by atoms with Crippen molar-refractivity contribution in [2.45, 2.75) is 34.2 Å². The molecular weight excluding hydrogens is 392 g/mol. The third-order valence-corrected chi connectivity index (χ3v) is 4.92. The number of ketones is 1. The van der Waals surface area contributed by atoms with E-state index in [-0.39, 0.29) is 23.2 Å². The first-order valence-corrected chi connectivity index (χ1v) is 9.83. The fraction of sp³-hybridized carbons (Fsp3) is 0.333. The zero-order valence-corrected chi connectivity index (χ0v) is 17.6. The van der Waals surface area contributed by atoms with E-state index in [2.05, 4.69) is 10.6 Å². The molecule has 0 atom stereocenters. The van der Waals surface area contributed by atoms with Crippen LogP contribution in [0.2, 0.25) is 0 Å². The van der Waals surface area contributed by atoms with Crippen LogP contribution >= 0.6 is 11.3 Å². The number of anilines is 1. The van der Waals surface area contributed by atoms with E-state index < -0.39 is 18.0 Å². The van der Waals surface area contributed by atoms with E-state index in [4.69, 9.17) is 4.74 Å². The van der Waals surface area contributed by atoms with Crippen LogP contribution in [0.15, 0.2) is 36.4 Å². The Balaban J connectivity index is 1.89. The minimum atomic E-state index is -0.653. The summed E-state index contributed by atoms with van der Waals surface area (Å²) in [4.78, 5) is 48.8. The van der Waals surface area contributed by atoms with Gasteiger partial charge in [-0.1, -0.05) is 26.8 Å². The van der Waals surface area contributed by atoms with Gasteiger partial charge in [-0.3, -0.25) is 14.4 Å². The maximum Gasteiger partial charge on any atom is 0.338 e. The Hall–Kier alpha value is -3.00. The zero-order valence-electron chi connectivity index (χ0n) is 16.8. The third kappa shape index (κ3) is 6.83. The topological polar surface area (TPSA) is 102 Å². The van der Waals surface area contributed by atoms with Gasteiger partial charge in [0.2, 0.25) is 17.6 Å². The van der Waals surface area contributed by atoms with Crippen LogP contribution in [0.5, 0.6) is 0 Å². The van der Waals surface area contributed by atoms with Crippen molar-refractivity contribution in [3.05, 3.63) is 51.7 Å². The van der Waals surface area contributed by atoms with E-state index in [1.54, 1.807) is 30.3 Å². The van der Waals surface area contributed by atoms with Crippen LogP contribution < -0.4 is 10.6 Å². The number of rotatable bonds is 7. The summed E-state index contributed by atoms with van der Waals surface area (Å²) in [6, 6.07) is 9.70. The molecule has 0 unspecified atom stereocenters. The van der Waals surface area contributed by atoms with E-state index in [0.29, 0.717) is 17.1 Å². The van der Waals surface area contributed by atoms with Crippen molar-refractivity contribution >= 4 is 40.6 Å². The predicted octanol–water partition coefficient (Wildman–Crippen LogP) is 3.41. The van der Waals surface area contributed by atoms with Crippen molar-refractivity contribution in [1.82, 2.24) is 5.32 Å². The molecule has 0 bridgehead atoms. The fourth-order valence-electron chi connectivity index (χ4n) is 2.27. The second-order valence-electron chi connectivity index (χ2n) is 7.46. The standard InChI is InChI=1S/C21H24N2O5S/c1-13(24)23-15-7-5-6-14(10-15)19(26)28-12-17(25)18-9-8-16(29-18)11-22-20(27)21(2,3)4/h5-10H,11-12H2,1-4H3,(H,22,27)(H,23,24). The highest BCUT2D eigenvalue weighted by atomic mass is 32.1. The molecule has 2 rings (SSSR count). The Bertz CT molecular complexity index is 927. The van der Waals surface area contributed by atoms with Gasteiger partial charge >= 0.3 is 5.97 Å². The summed E-state index contributed by atoms with van der Waals surface area (Å²) < 4.78 is 5.09. The molecular formula is C21H24N2O5S. The minimum absolute atomic E-state index is 0.0748. The molecule has 1 heterocycles. The number of benzene rings is 1. The van der Waals surface area contributed by atoms with E-state index in [0.717, 1.165) is 4.88 Å². The van der Waals surface area contributed by atoms with Crippen molar-refractivity contribution in [3.63, 3.8) is 0 Å². The number of esters is 1. The minimum Gasteiger partial charge on any atom is -0.454 e. The lowest BCUT2D eigenvalue weighted by atomic mass is 9.96. The first kappa shape index (κ1) is 22.3. The van der Waals surface area contributed by atoms with Crippen molar-refractivity contribution in [1.29, 1.82) is 0 Å². The monoisotopic (exact) mass is 416 g/mol. The van der Waals surface area contributed by atoms with Crippen LogP contribution in [0.25, 0.3) is 0 Å². The van der Waals surface area contributed by atoms with E-state index in [1.807, 2.05) is 20.8 Å². The van der Waals surface area contributed by atoms with Gasteiger partial charge in [0, 0.05) is 22.9 Å². The molecule has 0 saturated carbocycles. The van der Waals surface area contributed by atoms with Crippen LogP contribution in [-0.4, -0.2) is 30.2 Å². The normalized spacial score (nSPS) is 10.9. The molecule has 2 aromatic rings. The lowest BCUT2D eigenvalue weighted by molar-refractivity contribution is -0.128. The number of hydrogen-bond acceptors (Lipinski definition) is 6. The molecule has 0 aliphatic carbocycles. The smallest absolute Gasteiger partial charge is 0.338 e. The second-order valence-corrected chi connectivity index (χ2v) is 8.63. The lowest BCUT2D eigenvalue weighted by Gasteiger charge is -2.17. The van der Waals surface area contributed by atoms with Gasteiger partial charge in [-0.2, -0.15) is 0 Å². The molecule has 154 valence electrons. The largest absolute Gasteiger partial charge is 0.454 e. The molecule has 0 fully saturated rings. The molecule has 0 aliphatic rings. The van der Waals surface area contributed by atoms with Crippen molar-refractivity contribution < 1.29 is 23.9 Å². The number of ether oxygens (including phenoxy) is 1. The van der Waals surface area contributed by atoms with Gasteiger partial charge < -0.3 is 15.4 Å². The Morgan fingerprint density at radius 1 is 1.07 bits per heavy atom. The van der Waals surface area contributed by atoms with E-state index >= 15 is 0 Å². The van der Waals surface area contributed by atoms with Gasteiger partial charge in [0.05, 0.1) is 17.0 Å².